The summed E-state index contributed by atoms with van der Waals surface area (Å²) in [6, 6.07) is 8.71. The van der Waals surface area contributed by atoms with Crippen LogP contribution in [0.4, 0.5) is 0 Å². The molecule has 8 heteroatoms. The smallest absolute Gasteiger partial charge is 0.306 e. The Morgan fingerprint density at radius 1 is 1.15 bits per heavy atom. The molecule has 3 rings (SSSR count). The number of terminal acetylenes is 1. The van der Waals surface area contributed by atoms with Gasteiger partial charge in [0.05, 0.1) is 6.61 Å². The van der Waals surface area contributed by atoms with Gasteiger partial charge in [-0.15, -0.1) is 6.42 Å². The van der Waals surface area contributed by atoms with E-state index in [-0.39, 0.29) is 25.1 Å². The molecular weight excluding hydrogens is 438 g/mol. The van der Waals surface area contributed by atoms with Gasteiger partial charge in [-0.05, 0) is 6.42 Å². The average molecular weight is 474 g/mol. The van der Waals surface area contributed by atoms with Crippen molar-refractivity contribution in [3.05, 3.63) is 35.9 Å². The lowest BCUT2D eigenvalue weighted by Crippen LogP contribution is -2.67. The highest BCUT2D eigenvalue weighted by Crippen LogP contribution is 2.36. The van der Waals surface area contributed by atoms with Crippen molar-refractivity contribution in [3.63, 3.8) is 0 Å². The molecule has 2 aliphatic heterocycles. The molecule has 0 unspecified atom stereocenters. The van der Waals surface area contributed by atoms with E-state index in [1.165, 1.54) is 6.92 Å². The van der Waals surface area contributed by atoms with Crippen molar-refractivity contribution in [1.29, 1.82) is 0 Å². The van der Waals surface area contributed by atoms with Gasteiger partial charge in [-0.2, -0.15) is 0 Å². The fraction of sp³-hybridized carbons (Fsp3) is 0.615. The third kappa shape index (κ3) is 7.28. The second kappa shape index (κ2) is 13.4. The van der Waals surface area contributed by atoms with Gasteiger partial charge in [-0.1, -0.05) is 68.9 Å². The van der Waals surface area contributed by atoms with E-state index in [2.05, 4.69) is 18.2 Å². The van der Waals surface area contributed by atoms with E-state index in [4.69, 9.17) is 30.1 Å². The van der Waals surface area contributed by atoms with E-state index < -0.39 is 36.9 Å². The second-order valence-electron chi connectivity index (χ2n) is 8.58. The summed E-state index contributed by atoms with van der Waals surface area (Å²) >= 11 is 0. The highest BCUT2D eigenvalue weighted by atomic mass is 16.8. The Bertz CT molecular complexity index is 824. The SMILES string of the molecule is C#CCO[C@@H]1O[C@@H]2CO[C@@H](c3ccccc3)O[C@H]2[C@@H](OC(=O)CCCCCCC)[C@@H]1NC(C)=O. The van der Waals surface area contributed by atoms with Crippen molar-refractivity contribution in [1.82, 2.24) is 5.32 Å². The predicted molar refractivity (Wildman–Crippen MR) is 124 cm³/mol. The highest BCUT2D eigenvalue weighted by Gasteiger charge is 2.52. The quantitative estimate of drug-likeness (QED) is 0.300. The molecule has 1 aromatic rings. The molecule has 0 saturated carbocycles. The van der Waals surface area contributed by atoms with Crippen molar-refractivity contribution >= 4 is 11.9 Å². The number of fused-ring (bicyclic) bond motifs is 1. The lowest BCUT2D eigenvalue weighted by molar-refractivity contribution is -0.343. The number of unbranched alkanes of at least 4 members (excludes halogenated alkanes) is 4. The summed E-state index contributed by atoms with van der Waals surface area (Å²) < 4.78 is 29.8. The summed E-state index contributed by atoms with van der Waals surface area (Å²) in [4.78, 5) is 24.8. The van der Waals surface area contributed by atoms with Gasteiger partial charge in [-0.3, -0.25) is 9.59 Å². The van der Waals surface area contributed by atoms with Crippen LogP contribution in [-0.4, -0.2) is 55.7 Å². The molecule has 1 N–H and O–H groups in total. The number of rotatable bonds is 11. The maximum Gasteiger partial charge on any atom is 0.306 e. The molecule has 34 heavy (non-hydrogen) atoms. The first-order valence-corrected chi connectivity index (χ1v) is 12.0. The molecule has 2 fully saturated rings. The van der Waals surface area contributed by atoms with Gasteiger partial charge in [0.2, 0.25) is 5.91 Å². The number of esters is 1. The van der Waals surface area contributed by atoms with Gasteiger partial charge in [0, 0.05) is 18.9 Å². The van der Waals surface area contributed by atoms with Crippen molar-refractivity contribution in [2.75, 3.05) is 13.2 Å². The van der Waals surface area contributed by atoms with Gasteiger partial charge in [0.15, 0.2) is 18.7 Å². The number of hydrogen-bond acceptors (Lipinski definition) is 7. The molecule has 2 saturated heterocycles. The third-order valence-corrected chi connectivity index (χ3v) is 5.86. The van der Waals surface area contributed by atoms with E-state index in [1.54, 1.807) is 0 Å². The monoisotopic (exact) mass is 473 g/mol. The van der Waals surface area contributed by atoms with E-state index >= 15 is 0 Å². The number of carbonyl (C=O) groups is 2. The van der Waals surface area contributed by atoms with Crippen LogP contribution in [0, 0.1) is 12.3 Å². The van der Waals surface area contributed by atoms with Crippen LogP contribution < -0.4 is 5.32 Å². The molecule has 2 heterocycles. The van der Waals surface area contributed by atoms with Crippen LogP contribution in [0.3, 0.4) is 0 Å². The van der Waals surface area contributed by atoms with Crippen LogP contribution in [0.15, 0.2) is 30.3 Å². The molecule has 6 atom stereocenters. The Morgan fingerprint density at radius 2 is 1.91 bits per heavy atom. The Balaban J connectivity index is 1.77. The first-order chi connectivity index (χ1) is 16.5. The fourth-order valence-corrected chi connectivity index (χ4v) is 4.24. The Labute approximate surface area is 201 Å². The average Bonchev–Trinajstić information content (AvgIpc) is 2.84. The number of ether oxygens (including phenoxy) is 5. The minimum Gasteiger partial charge on any atom is -0.457 e. The van der Waals surface area contributed by atoms with Gasteiger partial charge in [0.1, 0.15) is 24.9 Å². The topological polar surface area (TPSA) is 92.3 Å². The molecule has 2 aliphatic rings. The number of carbonyl (C=O) groups excluding carboxylic acids is 2. The first-order valence-electron chi connectivity index (χ1n) is 12.0. The van der Waals surface area contributed by atoms with Gasteiger partial charge in [-0.25, -0.2) is 0 Å². The van der Waals surface area contributed by atoms with E-state index in [0.717, 1.165) is 37.7 Å². The molecule has 0 aromatic heterocycles. The summed E-state index contributed by atoms with van der Waals surface area (Å²) in [5.41, 5.74) is 0.837. The van der Waals surface area contributed by atoms with Crippen LogP contribution in [0.25, 0.3) is 0 Å². The summed E-state index contributed by atoms with van der Waals surface area (Å²) in [6.07, 6.45) is 7.11. The minimum atomic E-state index is -0.913. The van der Waals surface area contributed by atoms with Crippen molar-refractivity contribution in [2.45, 2.75) is 89.3 Å². The normalized spacial score (nSPS) is 28.4. The van der Waals surface area contributed by atoms with Gasteiger partial charge in [0.25, 0.3) is 0 Å². The maximum atomic E-state index is 12.8. The number of nitrogens with one attached hydrogen (secondary N) is 1. The lowest BCUT2D eigenvalue weighted by atomic mass is 9.95. The zero-order valence-corrected chi connectivity index (χ0v) is 19.9. The van der Waals surface area contributed by atoms with Crippen LogP contribution in [0.2, 0.25) is 0 Å². The van der Waals surface area contributed by atoms with E-state index in [1.807, 2.05) is 30.3 Å². The summed E-state index contributed by atoms with van der Waals surface area (Å²) in [5.74, 6) is 1.75. The number of hydrogen-bond donors (Lipinski definition) is 1. The Kier molecular flexibility index (Phi) is 10.4. The molecule has 1 aromatic carbocycles. The predicted octanol–water partition coefficient (Wildman–Crippen LogP) is 3.25. The Morgan fingerprint density at radius 3 is 2.62 bits per heavy atom. The Hall–Kier alpha value is -2.44. The number of amides is 1. The molecular formula is C26H35NO7. The fourth-order valence-electron chi connectivity index (χ4n) is 4.24. The molecule has 0 spiro atoms. The zero-order valence-electron chi connectivity index (χ0n) is 19.9. The molecule has 0 aliphatic carbocycles. The standard InChI is InChI=1S/C26H35NO7/c1-4-6-7-8-12-15-21(29)33-24-22(27-18(3)28)26(30-16-5-2)32-20-17-31-25(34-23(20)24)19-13-10-9-11-14-19/h2,9-11,13-14,20,22-26H,4,6-8,12,15-17H2,1,3H3,(H,27,28)/t20-,22+,23-,24+,25-,26-/m1/s1. The van der Waals surface area contributed by atoms with Crippen molar-refractivity contribution in [2.24, 2.45) is 0 Å². The van der Waals surface area contributed by atoms with Crippen molar-refractivity contribution < 1.29 is 33.3 Å². The second-order valence-corrected chi connectivity index (χ2v) is 8.58. The van der Waals surface area contributed by atoms with Crippen LogP contribution >= 0.6 is 0 Å². The summed E-state index contributed by atoms with van der Waals surface area (Å²) in [7, 11) is 0. The van der Waals surface area contributed by atoms with Gasteiger partial charge < -0.3 is 29.0 Å². The van der Waals surface area contributed by atoms with Crippen LogP contribution in [0.1, 0.15) is 64.2 Å². The van der Waals surface area contributed by atoms with Crippen molar-refractivity contribution in [3.8, 4) is 12.3 Å². The molecule has 186 valence electrons. The van der Waals surface area contributed by atoms with E-state index in [9.17, 15) is 9.59 Å². The summed E-state index contributed by atoms with van der Waals surface area (Å²) in [5, 5.41) is 2.81. The largest absolute Gasteiger partial charge is 0.457 e. The van der Waals surface area contributed by atoms with Crippen LogP contribution in [0.5, 0.6) is 0 Å². The third-order valence-electron chi connectivity index (χ3n) is 5.86. The lowest BCUT2D eigenvalue weighted by Gasteiger charge is -2.48. The zero-order chi connectivity index (χ0) is 24.3. The molecule has 0 bridgehead atoms. The van der Waals surface area contributed by atoms with Crippen LogP contribution in [-0.2, 0) is 33.3 Å². The summed E-state index contributed by atoms with van der Waals surface area (Å²) in [6.45, 7) is 3.71. The number of benzene rings is 1. The van der Waals surface area contributed by atoms with E-state index in [0.29, 0.717) is 6.42 Å². The maximum absolute atomic E-state index is 12.8. The van der Waals surface area contributed by atoms with Gasteiger partial charge >= 0.3 is 5.97 Å². The molecule has 1 amide bonds. The molecule has 8 nitrogen and oxygen atoms in total. The molecule has 0 radical (unpaired) electrons. The minimum absolute atomic E-state index is 0.0232. The first kappa shape index (κ1) is 26.2. The highest BCUT2D eigenvalue weighted by molar-refractivity contribution is 5.73.